The molecule has 1 N–H and O–H groups in total. The first-order valence-electron chi connectivity index (χ1n) is 10.0. The molecule has 1 unspecified atom stereocenters. The second-order valence-electron chi connectivity index (χ2n) is 7.76. The molecule has 1 aliphatic rings. The highest BCUT2D eigenvalue weighted by atomic mass is 31.2. The topological polar surface area (TPSA) is 73.9 Å². The SMILES string of the molecule is CC(C)OC(=O)[C@H](C)NP(=O)(Oc1ccc(C2CC2)cc1)Oc1c(F)c(F)c(F)c(F)c1F. The summed E-state index contributed by atoms with van der Waals surface area (Å²) in [6, 6.07) is 4.76. The van der Waals surface area contributed by atoms with Gasteiger partial charge in [0.25, 0.3) is 0 Å². The maximum Gasteiger partial charge on any atom is 0.513 e. The Morgan fingerprint density at radius 1 is 0.909 bits per heavy atom. The van der Waals surface area contributed by atoms with Gasteiger partial charge in [-0.25, -0.2) is 17.7 Å². The first kappa shape index (κ1) is 25.0. The summed E-state index contributed by atoms with van der Waals surface area (Å²) in [6.07, 6.45) is 1.48. The van der Waals surface area contributed by atoms with Gasteiger partial charge in [0, 0.05) is 0 Å². The smallest absolute Gasteiger partial charge is 0.462 e. The summed E-state index contributed by atoms with van der Waals surface area (Å²) >= 11 is 0. The number of carbonyl (C=O) groups is 1. The van der Waals surface area contributed by atoms with Crippen molar-refractivity contribution in [2.45, 2.75) is 51.7 Å². The van der Waals surface area contributed by atoms with Gasteiger partial charge >= 0.3 is 13.7 Å². The molecule has 2 atom stereocenters. The molecule has 6 nitrogen and oxygen atoms in total. The molecule has 0 amide bonds. The minimum atomic E-state index is -4.94. The lowest BCUT2D eigenvalue weighted by molar-refractivity contribution is -0.149. The van der Waals surface area contributed by atoms with Crippen molar-refractivity contribution in [1.82, 2.24) is 5.09 Å². The molecule has 0 heterocycles. The highest BCUT2D eigenvalue weighted by molar-refractivity contribution is 7.52. The van der Waals surface area contributed by atoms with Crippen LogP contribution < -0.4 is 14.1 Å². The van der Waals surface area contributed by atoms with E-state index in [4.69, 9.17) is 13.8 Å². The zero-order chi connectivity index (χ0) is 24.5. The van der Waals surface area contributed by atoms with Crippen LogP contribution >= 0.6 is 7.75 Å². The van der Waals surface area contributed by atoms with E-state index in [1.807, 2.05) is 0 Å². The minimum Gasteiger partial charge on any atom is -0.462 e. The fourth-order valence-electron chi connectivity index (χ4n) is 2.84. The van der Waals surface area contributed by atoms with E-state index in [0.717, 1.165) is 18.4 Å². The number of benzene rings is 2. The maximum atomic E-state index is 14.1. The molecule has 12 heteroatoms. The molecular weight excluding hydrogens is 472 g/mol. The van der Waals surface area contributed by atoms with Gasteiger partial charge in [0.1, 0.15) is 11.8 Å². The normalized spacial score (nSPS) is 16.3. The van der Waals surface area contributed by atoms with Crippen LogP contribution in [0.2, 0.25) is 0 Å². The second kappa shape index (κ2) is 9.69. The monoisotopic (exact) mass is 493 g/mol. The van der Waals surface area contributed by atoms with Gasteiger partial charge in [-0.15, -0.1) is 0 Å². The Kier molecular flexibility index (Phi) is 7.33. The van der Waals surface area contributed by atoms with Crippen LogP contribution in [0.1, 0.15) is 45.1 Å². The van der Waals surface area contributed by atoms with Crippen molar-refractivity contribution in [3.8, 4) is 11.5 Å². The van der Waals surface area contributed by atoms with Gasteiger partial charge < -0.3 is 13.8 Å². The Labute approximate surface area is 186 Å². The first-order valence-corrected chi connectivity index (χ1v) is 11.5. The predicted molar refractivity (Wildman–Crippen MR) is 107 cm³/mol. The molecule has 2 aromatic carbocycles. The highest BCUT2D eigenvalue weighted by Gasteiger charge is 2.38. The molecule has 2 aromatic rings. The van der Waals surface area contributed by atoms with Crippen LogP contribution in [0.25, 0.3) is 0 Å². The number of hydrogen-bond acceptors (Lipinski definition) is 5. The van der Waals surface area contributed by atoms with E-state index in [2.05, 4.69) is 5.09 Å². The third-order valence-corrected chi connectivity index (χ3v) is 6.17. The lowest BCUT2D eigenvalue weighted by Crippen LogP contribution is -2.37. The molecule has 0 bridgehead atoms. The lowest BCUT2D eigenvalue weighted by atomic mass is 10.1. The number of carbonyl (C=O) groups excluding carboxylic acids is 1. The number of esters is 1. The van der Waals surface area contributed by atoms with Gasteiger partial charge in [0.2, 0.25) is 34.8 Å². The molecule has 0 aliphatic heterocycles. The lowest BCUT2D eigenvalue weighted by Gasteiger charge is -2.24. The number of halogens is 5. The largest absolute Gasteiger partial charge is 0.513 e. The number of hydrogen-bond donors (Lipinski definition) is 1. The van der Waals surface area contributed by atoms with Gasteiger partial charge in [0.05, 0.1) is 6.10 Å². The van der Waals surface area contributed by atoms with Crippen molar-refractivity contribution in [2.75, 3.05) is 0 Å². The second-order valence-corrected chi connectivity index (χ2v) is 9.38. The Morgan fingerprint density at radius 3 is 1.91 bits per heavy atom. The summed E-state index contributed by atoms with van der Waals surface area (Å²) < 4.78 is 97.1. The quantitative estimate of drug-likeness (QED) is 0.158. The van der Waals surface area contributed by atoms with E-state index >= 15 is 0 Å². The van der Waals surface area contributed by atoms with Gasteiger partial charge in [-0.05, 0) is 57.2 Å². The van der Waals surface area contributed by atoms with E-state index in [1.165, 1.54) is 19.1 Å². The van der Waals surface area contributed by atoms with Crippen molar-refractivity contribution in [1.29, 1.82) is 0 Å². The number of ether oxygens (including phenoxy) is 1. The van der Waals surface area contributed by atoms with Gasteiger partial charge in [0.15, 0.2) is 0 Å². The molecule has 0 aromatic heterocycles. The minimum absolute atomic E-state index is 0.0940. The van der Waals surface area contributed by atoms with Gasteiger partial charge in [-0.2, -0.15) is 13.9 Å². The van der Waals surface area contributed by atoms with Crippen LogP contribution in [0, 0.1) is 29.1 Å². The van der Waals surface area contributed by atoms with Crippen LogP contribution in [0.15, 0.2) is 24.3 Å². The average molecular weight is 493 g/mol. The van der Waals surface area contributed by atoms with Crippen molar-refractivity contribution >= 4 is 13.7 Å². The highest BCUT2D eigenvalue weighted by Crippen LogP contribution is 2.48. The third kappa shape index (κ3) is 5.83. The first-order chi connectivity index (χ1) is 15.4. The Bertz CT molecular complexity index is 1060. The third-order valence-electron chi connectivity index (χ3n) is 4.59. The Hall–Kier alpha value is -2.65. The molecule has 0 radical (unpaired) electrons. The summed E-state index contributed by atoms with van der Waals surface area (Å²) in [5.41, 5.74) is 0.986. The van der Waals surface area contributed by atoms with Crippen molar-refractivity contribution in [3.63, 3.8) is 0 Å². The van der Waals surface area contributed by atoms with Crippen molar-refractivity contribution in [2.24, 2.45) is 0 Å². The zero-order valence-corrected chi connectivity index (χ0v) is 18.7. The van der Waals surface area contributed by atoms with Gasteiger partial charge in [-0.1, -0.05) is 12.1 Å². The predicted octanol–water partition coefficient (Wildman–Crippen LogP) is 5.76. The van der Waals surface area contributed by atoms with Crippen LogP contribution in [-0.4, -0.2) is 18.1 Å². The van der Waals surface area contributed by atoms with E-state index in [-0.39, 0.29) is 5.75 Å². The summed E-state index contributed by atoms with van der Waals surface area (Å²) in [5.74, 6) is -14.1. The maximum absolute atomic E-state index is 14.1. The van der Waals surface area contributed by atoms with Crippen molar-refractivity contribution < 1.29 is 45.1 Å². The molecule has 0 spiro atoms. The summed E-state index contributed by atoms with van der Waals surface area (Å²) in [6.45, 7) is 4.29. The van der Waals surface area contributed by atoms with Crippen LogP contribution in [0.5, 0.6) is 11.5 Å². The van der Waals surface area contributed by atoms with E-state index in [1.54, 1.807) is 26.0 Å². The summed E-state index contributed by atoms with van der Waals surface area (Å²) in [7, 11) is -4.94. The van der Waals surface area contributed by atoms with Crippen molar-refractivity contribution in [3.05, 3.63) is 58.9 Å². The fourth-order valence-corrected chi connectivity index (χ4v) is 4.36. The van der Waals surface area contributed by atoms with E-state index in [0.29, 0.717) is 5.92 Å². The van der Waals surface area contributed by atoms with Crippen LogP contribution in [-0.2, 0) is 14.1 Å². The molecule has 180 valence electrons. The fraction of sp³-hybridized carbons (Fsp3) is 0.381. The van der Waals surface area contributed by atoms with E-state index in [9.17, 15) is 31.3 Å². The number of rotatable bonds is 9. The zero-order valence-electron chi connectivity index (χ0n) is 17.8. The standard InChI is InChI=1S/C21H21F5NO5P/c1-10(2)30-21(28)11(3)27-33(29,31-14-8-6-13(7-9-14)12-4-5-12)32-20-18(25)16(23)15(22)17(24)19(20)26/h6-12H,4-5H2,1-3H3,(H,27,29)/t11-,33?/m0/s1. The van der Waals surface area contributed by atoms with Crippen LogP contribution in [0.4, 0.5) is 22.0 Å². The molecule has 1 aliphatic carbocycles. The summed E-state index contributed by atoms with van der Waals surface area (Å²) in [4.78, 5) is 12.1. The van der Waals surface area contributed by atoms with Crippen LogP contribution in [0.3, 0.4) is 0 Å². The molecule has 1 saturated carbocycles. The Morgan fingerprint density at radius 2 is 1.42 bits per heavy atom. The molecule has 1 fully saturated rings. The van der Waals surface area contributed by atoms with E-state index < -0.39 is 60.7 Å². The molecule has 3 rings (SSSR count). The Balaban J connectivity index is 1.94. The summed E-state index contributed by atoms with van der Waals surface area (Å²) in [5, 5.41) is 2.12. The average Bonchev–Trinajstić information content (AvgIpc) is 3.59. The number of nitrogens with one attached hydrogen (secondary N) is 1. The molecule has 0 saturated heterocycles. The van der Waals surface area contributed by atoms with Gasteiger partial charge in [-0.3, -0.25) is 4.79 Å². The molecular formula is C21H21F5NO5P. The molecule has 33 heavy (non-hydrogen) atoms.